The summed E-state index contributed by atoms with van der Waals surface area (Å²) in [4.78, 5) is 24.0. The Morgan fingerprint density at radius 1 is 1.08 bits per heavy atom. The van der Waals surface area contributed by atoms with E-state index in [1.165, 1.54) is 0 Å². The molecule has 7 nitrogen and oxygen atoms in total. The predicted molar refractivity (Wildman–Crippen MR) is 94.6 cm³/mol. The van der Waals surface area contributed by atoms with Crippen molar-refractivity contribution in [3.05, 3.63) is 53.6 Å². The molecule has 0 bridgehead atoms. The molecule has 0 saturated carbocycles. The molecule has 0 aliphatic carbocycles. The minimum Gasteiger partial charge on any atom is -0.497 e. The van der Waals surface area contributed by atoms with Crippen LogP contribution in [0.3, 0.4) is 0 Å². The third kappa shape index (κ3) is 4.44. The number of hydrogen-bond donors (Lipinski definition) is 2. The number of nitrogens with one attached hydrogen (secondary N) is 2. The maximum atomic E-state index is 12.1. The van der Waals surface area contributed by atoms with E-state index >= 15 is 0 Å². The van der Waals surface area contributed by atoms with E-state index in [0.717, 1.165) is 11.3 Å². The van der Waals surface area contributed by atoms with Gasteiger partial charge in [0.15, 0.2) is 11.5 Å². The van der Waals surface area contributed by atoms with Crippen LogP contribution in [0.2, 0.25) is 0 Å². The lowest BCUT2D eigenvalue weighted by Gasteiger charge is -2.08. The van der Waals surface area contributed by atoms with E-state index in [1.54, 1.807) is 25.3 Å². The Morgan fingerprint density at radius 2 is 1.92 bits per heavy atom. The molecule has 2 N–H and O–H groups in total. The van der Waals surface area contributed by atoms with Gasteiger partial charge in [-0.25, -0.2) is 0 Å². The highest BCUT2D eigenvalue weighted by molar-refractivity contribution is 5.97. The Hall–Kier alpha value is -3.22. The Bertz CT molecular complexity index is 806. The Labute approximate surface area is 151 Å². The summed E-state index contributed by atoms with van der Waals surface area (Å²) in [6.07, 6.45) is 0.680. The van der Waals surface area contributed by atoms with Crippen molar-refractivity contribution >= 4 is 11.8 Å². The van der Waals surface area contributed by atoms with Crippen LogP contribution in [0.25, 0.3) is 0 Å². The molecule has 26 heavy (non-hydrogen) atoms. The normalized spacial score (nSPS) is 11.7. The lowest BCUT2D eigenvalue weighted by Crippen LogP contribution is -2.37. The molecule has 0 atom stereocenters. The molecule has 2 aromatic carbocycles. The van der Waals surface area contributed by atoms with Crippen LogP contribution in [-0.4, -0.2) is 38.8 Å². The summed E-state index contributed by atoms with van der Waals surface area (Å²) < 4.78 is 15.6. The summed E-state index contributed by atoms with van der Waals surface area (Å²) in [5.41, 5.74) is 1.48. The van der Waals surface area contributed by atoms with E-state index in [0.29, 0.717) is 30.0 Å². The highest BCUT2D eigenvalue weighted by Gasteiger charge is 2.16. The molecular formula is C19H20N2O5. The maximum Gasteiger partial charge on any atom is 0.251 e. The van der Waals surface area contributed by atoms with Gasteiger partial charge in [-0.1, -0.05) is 12.1 Å². The first kappa shape index (κ1) is 17.6. The molecule has 1 aliphatic heterocycles. The summed E-state index contributed by atoms with van der Waals surface area (Å²) in [6, 6.07) is 12.6. The first-order valence-electron chi connectivity index (χ1n) is 8.23. The first-order valence-corrected chi connectivity index (χ1v) is 8.23. The van der Waals surface area contributed by atoms with E-state index in [-0.39, 0.29) is 25.2 Å². The van der Waals surface area contributed by atoms with Crippen LogP contribution in [0, 0.1) is 0 Å². The second-order valence-corrected chi connectivity index (χ2v) is 5.70. The third-order valence-corrected chi connectivity index (χ3v) is 3.91. The van der Waals surface area contributed by atoms with E-state index in [1.807, 2.05) is 24.3 Å². The SMILES string of the molecule is COc1cccc(CCNC(=O)CNC(=O)c2ccc3c(c2)OCO3)c1. The zero-order chi connectivity index (χ0) is 18.4. The second-order valence-electron chi connectivity index (χ2n) is 5.70. The minimum absolute atomic E-state index is 0.0919. The van der Waals surface area contributed by atoms with Crippen LogP contribution in [0.15, 0.2) is 42.5 Å². The summed E-state index contributed by atoms with van der Waals surface area (Å²) in [6.45, 7) is 0.535. The van der Waals surface area contributed by atoms with Crippen molar-refractivity contribution in [2.24, 2.45) is 0 Å². The molecule has 2 aromatic rings. The molecule has 7 heteroatoms. The standard InChI is InChI=1S/C19H20N2O5/c1-24-15-4-2-3-13(9-15)7-8-20-18(22)11-21-19(23)14-5-6-16-17(10-14)26-12-25-16/h2-6,9-10H,7-8,11-12H2,1H3,(H,20,22)(H,21,23). The molecule has 1 heterocycles. The number of ether oxygens (including phenoxy) is 3. The molecule has 3 rings (SSSR count). The van der Waals surface area contributed by atoms with Crippen LogP contribution in [0.4, 0.5) is 0 Å². The summed E-state index contributed by atoms with van der Waals surface area (Å²) >= 11 is 0. The largest absolute Gasteiger partial charge is 0.497 e. The molecule has 1 aliphatic rings. The van der Waals surface area contributed by atoms with Gasteiger partial charge in [-0.3, -0.25) is 9.59 Å². The van der Waals surface area contributed by atoms with Gasteiger partial charge in [0.05, 0.1) is 13.7 Å². The summed E-state index contributed by atoms with van der Waals surface area (Å²) in [5, 5.41) is 5.37. The lowest BCUT2D eigenvalue weighted by molar-refractivity contribution is -0.120. The van der Waals surface area contributed by atoms with Gasteiger partial charge in [0, 0.05) is 12.1 Å². The quantitative estimate of drug-likeness (QED) is 0.785. The van der Waals surface area contributed by atoms with Gasteiger partial charge in [0.1, 0.15) is 5.75 Å². The topological polar surface area (TPSA) is 85.9 Å². The van der Waals surface area contributed by atoms with Gasteiger partial charge >= 0.3 is 0 Å². The highest BCUT2D eigenvalue weighted by atomic mass is 16.7. The van der Waals surface area contributed by atoms with Gasteiger partial charge in [-0.2, -0.15) is 0 Å². The predicted octanol–water partition coefficient (Wildman–Crippen LogP) is 1.51. The minimum atomic E-state index is -0.341. The molecule has 0 aromatic heterocycles. The van der Waals surface area contributed by atoms with Crippen LogP contribution in [0.1, 0.15) is 15.9 Å². The maximum absolute atomic E-state index is 12.1. The monoisotopic (exact) mass is 356 g/mol. The van der Waals surface area contributed by atoms with Crippen molar-refractivity contribution in [3.63, 3.8) is 0 Å². The fourth-order valence-electron chi connectivity index (χ4n) is 2.54. The van der Waals surface area contributed by atoms with Crippen molar-refractivity contribution in [2.45, 2.75) is 6.42 Å². The number of methoxy groups -OCH3 is 1. The smallest absolute Gasteiger partial charge is 0.251 e. The van der Waals surface area contributed by atoms with Gasteiger partial charge in [0.2, 0.25) is 12.7 Å². The van der Waals surface area contributed by atoms with Gasteiger partial charge in [-0.15, -0.1) is 0 Å². The number of carbonyl (C=O) groups excluding carboxylic acids is 2. The van der Waals surface area contributed by atoms with Gasteiger partial charge in [0.25, 0.3) is 5.91 Å². The zero-order valence-electron chi connectivity index (χ0n) is 14.4. The first-order chi connectivity index (χ1) is 12.7. The van der Waals surface area contributed by atoms with Gasteiger partial charge < -0.3 is 24.8 Å². The molecule has 2 amide bonds. The number of benzene rings is 2. The highest BCUT2D eigenvalue weighted by Crippen LogP contribution is 2.32. The number of hydrogen-bond acceptors (Lipinski definition) is 5. The number of carbonyl (C=O) groups is 2. The van der Waals surface area contributed by atoms with Crippen molar-refractivity contribution < 1.29 is 23.8 Å². The number of amides is 2. The molecule has 0 radical (unpaired) electrons. The van der Waals surface area contributed by atoms with Crippen LogP contribution < -0.4 is 24.8 Å². The Balaban J connectivity index is 1.41. The lowest BCUT2D eigenvalue weighted by atomic mass is 10.1. The van der Waals surface area contributed by atoms with E-state index in [2.05, 4.69) is 10.6 Å². The summed E-state index contributed by atoms with van der Waals surface area (Å²) in [7, 11) is 1.61. The second kappa shape index (κ2) is 8.24. The molecule has 0 spiro atoms. The average Bonchev–Trinajstić information content (AvgIpc) is 3.14. The Kier molecular flexibility index (Phi) is 5.58. The van der Waals surface area contributed by atoms with Crippen molar-refractivity contribution in [1.29, 1.82) is 0 Å². The molecule has 0 saturated heterocycles. The van der Waals surface area contributed by atoms with Crippen LogP contribution in [0.5, 0.6) is 17.2 Å². The van der Waals surface area contributed by atoms with Crippen molar-refractivity contribution in [1.82, 2.24) is 10.6 Å². The van der Waals surface area contributed by atoms with E-state index in [4.69, 9.17) is 14.2 Å². The fourth-order valence-corrected chi connectivity index (χ4v) is 2.54. The zero-order valence-corrected chi connectivity index (χ0v) is 14.4. The molecule has 136 valence electrons. The van der Waals surface area contributed by atoms with E-state index < -0.39 is 0 Å². The average molecular weight is 356 g/mol. The third-order valence-electron chi connectivity index (χ3n) is 3.91. The molecular weight excluding hydrogens is 336 g/mol. The molecule has 0 fully saturated rings. The van der Waals surface area contributed by atoms with Gasteiger partial charge in [-0.05, 0) is 42.3 Å². The van der Waals surface area contributed by atoms with Crippen molar-refractivity contribution in [2.75, 3.05) is 27.0 Å². The number of rotatable bonds is 7. The van der Waals surface area contributed by atoms with Crippen LogP contribution in [-0.2, 0) is 11.2 Å². The summed E-state index contributed by atoms with van der Waals surface area (Å²) in [5.74, 6) is 1.33. The fraction of sp³-hybridized carbons (Fsp3) is 0.263. The molecule has 0 unspecified atom stereocenters. The van der Waals surface area contributed by atoms with Crippen molar-refractivity contribution in [3.8, 4) is 17.2 Å². The van der Waals surface area contributed by atoms with E-state index in [9.17, 15) is 9.59 Å². The van der Waals surface area contributed by atoms with Crippen LogP contribution >= 0.6 is 0 Å². The number of fused-ring (bicyclic) bond motifs is 1. The Morgan fingerprint density at radius 3 is 2.77 bits per heavy atom.